The van der Waals surface area contributed by atoms with Gasteiger partial charge in [-0.2, -0.15) is 5.10 Å². The zero-order chi connectivity index (χ0) is 28.8. The lowest BCUT2D eigenvalue weighted by Crippen LogP contribution is -3.00. The number of anilines is 1. The molecule has 2 aliphatic rings. The number of rotatable bonds is 9. The van der Waals surface area contributed by atoms with Gasteiger partial charge in [-0.25, -0.2) is 0 Å². The third-order valence-electron chi connectivity index (χ3n) is 8.19. The van der Waals surface area contributed by atoms with E-state index in [-0.39, 0.29) is 30.1 Å². The number of nitrogens with one attached hydrogen (secondary N) is 1. The minimum atomic E-state index is -0.950. The molecule has 226 valence electrons. The van der Waals surface area contributed by atoms with E-state index in [0.29, 0.717) is 25.4 Å². The van der Waals surface area contributed by atoms with Gasteiger partial charge >= 0.3 is 0 Å². The first-order valence-corrected chi connectivity index (χ1v) is 14.9. The molecule has 2 aliphatic heterocycles. The number of hydrogen-bond donors (Lipinski definition) is 2. The Balaban J connectivity index is 0.00000405. The van der Waals surface area contributed by atoms with Crippen LogP contribution in [0.25, 0.3) is 11.1 Å². The van der Waals surface area contributed by atoms with Gasteiger partial charge in [0.25, 0.3) is 5.91 Å². The predicted octanol–water partition coefficient (Wildman–Crippen LogP) is -0.0912. The number of aromatic amines is 1. The molecule has 0 aliphatic carbocycles. The molecule has 10 heteroatoms. The molecular formula is C32H43ClN6O3. The number of carbonyl (C=O) groups excluding carboxylic acids is 2. The smallest absolute Gasteiger partial charge is 0.266 e. The molecule has 0 spiro atoms. The summed E-state index contributed by atoms with van der Waals surface area (Å²) in [5.41, 5.74) is 3.34. The van der Waals surface area contributed by atoms with Crippen molar-refractivity contribution in [2.45, 2.75) is 45.8 Å². The number of benzene rings is 2. The summed E-state index contributed by atoms with van der Waals surface area (Å²) < 4.78 is 6.27. The van der Waals surface area contributed by atoms with Crippen LogP contribution in [-0.2, 0) is 16.1 Å². The fourth-order valence-electron chi connectivity index (χ4n) is 5.86. The van der Waals surface area contributed by atoms with Crippen LogP contribution in [0, 0.1) is 5.92 Å². The molecule has 42 heavy (non-hydrogen) atoms. The van der Waals surface area contributed by atoms with E-state index in [1.807, 2.05) is 61.2 Å². The highest BCUT2D eigenvalue weighted by atomic mass is 35.5. The van der Waals surface area contributed by atoms with Crippen molar-refractivity contribution in [3.63, 3.8) is 0 Å². The third kappa shape index (κ3) is 7.44. The average molecular weight is 595 g/mol. The van der Waals surface area contributed by atoms with Gasteiger partial charge in [0.05, 0.1) is 38.3 Å². The van der Waals surface area contributed by atoms with Gasteiger partial charge in [0.15, 0.2) is 5.60 Å². The highest BCUT2D eigenvalue weighted by molar-refractivity contribution is 5.85. The summed E-state index contributed by atoms with van der Waals surface area (Å²) in [5, 5.41) is 9.11. The van der Waals surface area contributed by atoms with Crippen molar-refractivity contribution in [3.8, 4) is 16.9 Å². The first kappa shape index (κ1) is 31.4. The normalized spacial score (nSPS) is 17.4. The summed E-state index contributed by atoms with van der Waals surface area (Å²) in [6.07, 6.45) is 5.52. The zero-order valence-electron chi connectivity index (χ0n) is 24.9. The fraction of sp³-hybridized carbons (Fsp3) is 0.469. The fourth-order valence-corrected chi connectivity index (χ4v) is 5.86. The number of nitrogens with zero attached hydrogens (tertiary/aromatic N) is 4. The SMILES string of the molecule is CCN(Cc1ccc(-c2cn[nH]c2)cc1)C(=O)[C@@H]1CCCN(c2cccc(OC(C)(C)C(=O)N3CC[NH2+]CC3)c2)C1.[Cl-]. The van der Waals surface area contributed by atoms with Crippen molar-refractivity contribution in [1.29, 1.82) is 0 Å². The standard InChI is InChI=1S/C32H42N6O3.ClH/c1-4-36(22-24-10-12-25(13-11-24)27-20-34-35-21-27)30(39)26-7-6-16-38(23-26)28-8-5-9-29(19-28)41-32(2,3)31(40)37-17-14-33-15-18-37;/h5,8-13,19-21,26,33H,4,6-7,14-18,22-23H2,1-3H3,(H,34,35);1H/t26-;/m1./s1. The Hall–Kier alpha value is -3.56. The first-order chi connectivity index (χ1) is 19.8. The number of H-pyrrole nitrogens is 1. The summed E-state index contributed by atoms with van der Waals surface area (Å²) in [6.45, 7) is 11.9. The highest BCUT2D eigenvalue weighted by Gasteiger charge is 2.36. The molecule has 1 aromatic heterocycles. The number of piperidine rings is 1. The number of carbonyl (C=O) groups is 2. The third-order valence-corrected chi connectivity index (χ3v) is 8.19. The minimum absolute atomic E-state index is 0. The van der Waals surface area contributed by atoms with Crippen LogP contribution < -0.4 is 27.4 Å². The molecule has 0 saturated carbocycles. The van der Waals surface area contributed by atoms with E-state index in [0.717, 1.165) is 67.9 Å². The van der Waals surface area contributed by atoms with E-state index in [9.17, 15) is 9.59 Å². The quantitative estimate of drug-likeness (QED) is 0.361. The van der Waals surface area contributed by atoms with Crippen molar-refractivity contribution in [2.75, 3.05) is 50.7 Å². The van der Waals surface area contributed by atoms with Gasteiger partial charge in [0, 0.05) is 49.7 Å². The van der Waals surface area contributed by atoms with Gasteiger partial charge in [-0.15, -0.1) is 0 Å². The van der Waals surface area contributed by atoms with Gasteiger partial charge in [0.2, 0.25) is 5.91 Å². The van der Waals surface area contributed by atoms with Crippen LogP contribution >= 0.6 is 0 Å². The van der Waals surface area contributed by atoms with Gasteiger partial charge in [-0.05, 0) is 56.9 Å². The summed E-state index contributed by atoms with van der Waals surface area (Å²) in [4.78, 5) is 33.0. The molecule has 2 fully saturated rings. The Morgan fingerprint density at radius 1 is 1.10 bits per heavy atom. The maximum Gasteiger partial charge on any atom is 0.266 e. The van der Waals surface area contributed by atoms with Crippen molar-refractivity contribution < 1.29 is 32.0 Å². The Morgan fingerprint density at radius 3 is 2.55 bits per heavy atom. The van der Waals surface area contributed by atoms with Gasteiger partial charge in [-0.3, -0.25) is 14.7 Å². The molecule has 2 saturated heterocycles. The van der Waals surface area contributed by atoms with Crippen molar-refractivity contribution >= 4 is 17.5 Å². The second-order valence-electron chi connectivity index (χ2n) is 11.6. The summed E-state index contributed by atoms with van der Waals surface area (Å²) >= 11 is 0. The largest absolute Gasteiger partial charge is 1.00 e. The number of hydrogen-bond acceptors (Lipinski definition) is 5. The minimum Gasteiger partial charge on any atom is -1.00 e. The number of amides is 2. The Kier molecular flexibility index (Phi) is 10.5. The predicted molar refractivity (Wildman–Crippen MR) is 159 cm³/mol. The van der Waals surface area contributed by atoms with Gasteiger partial charge in [0.1, 0.15) is 5.75 Å². The number of aromatic nitrogens is 2. The summed E-state index contributed by atoms with van der Waals surface area (Å²) in [5.74, 6) is 0.837. The average Bonchev–Trinajstić information content (AvgIpc) is 3.55. The number of quaternary nitrogens is 1. The van der Waals surface area contributed by atoms with Gasteiger partial charge in [-0.1, -0.05) is 30.3 Å². The van der Waals surface area contributed by atoms with Crippen LogP contribution in [0.1, 0.15) is 39.2 Å². The molecule has 0 radical (unpaired) electrons. The van der Waals surface area contributed by atoms with Crippen LogP contribution in [0.4, 0.5) is 5.69 Å². The van der Waals surface area contributed by atoms with E-state index in [2.05, 4.69) is 50.7 Å². The van der Waals surface area contributed by atoms with Crippen LogP contribution in [-0.4, -0.2) is 83.2 Å². The highest BCUT2D eigenvalue weighted by Crippen LogP contribution is 2.30. The Bertz CT molecular complexity index is 1310. The monoisotopic (exact) mass is 594 g/mol. The molecule has 3 aromatic rings. The van der Waals surface area contributed by atoms with Crippen LogP contribution in [0.3, 0.4) is 0 Å². The number of nitrogens with two attached hydrogens (primary N) is 1. The number of ether oxygens (including phenoxy) is 1. The van der Waals surface area contributed by atoms with E-state index in [4.69, 9.17) is 4.74 Å². The second-order valence-corrected chi connectivity index (χ2v) is 11.6. The van der Waals surface area contributed by atoms with E-state index >= 15 is 0 Å². The molecule has 0 bridgehead atoms. The number of halogens is 1. The van der Waals surface area contributed by atoms with Crippen LogP contribution in [0.15, 0.2) is 60.9 Å². The van der Waals surface area contributed by atoms with Crippen LogP contribution in [0.2, 0.25) is 0 Å². The Morgan fingerprint density at radius 2 is 1.86 bits per heavy atom. The van der Waals surface area contributed by atoms with Crippen LogP contribution in [0.5, 0.6) is 5.75 Å². The Labute approximate surface area is 255 Å². The topological polar surface area (TPSA) is 98.4 Å². The zero-order valence-corrected chi connectivity index (χ0v) is 25.6. The molecule has 9 nitrogen and oxygen atoms in total. The molecular weight excluding hydrogens is 552 g/mol. The van der Waals surface area contributed by atoms with Crippen molar-refractivity contribution in [1.82, 2.24) is 20.0 Å². The maximum absolute atomic E-state index is 13.7. The number of piperazine rings is 1. The lowest BCUT2D eigenvalue weighted by atomic mass is 9.95. The first-order valence-electron chi connectivity index (χ1n) is 14.9. The van der Waals surface area contributed by atoms with E-state index in [1.54, 1.807) is 0 Å². The molecule has 1 atom stereocenters. The molecule has 3 heterocycles. The lowest BCUT2D eigenvalue weighted by Gasteiger charge is -2.36. The molecule has 2 aromatic carbocycles. The molecule has 0 unspecified atom stereocenters. The van der Waals surface area contributed by atoms with Gasteiger partial charge < -0.3 is 37.2 Å². The summed E-state index contributed by atoms with van der Waals surface area (Å²) in [7, 11) is 0. The molecule has 2 amide bonds. The lowest BCUT2D eigenvalue weighted by molar-refractivity contribution is -0.662. The summed E-state index contributed by atoms with van der Waals surface area (Å²) in [6, 6.07) is 16.3. The van der Waals surface area contributed by atoms with E-state index < -0.39 is 5.60 Å². The second kappa shape index (κ2) is 14.1. The maximum atomic E-state index is 13.7. The van der Waals surface area contributed by atoms with Crippen molar-refractivity contribution in [2.24, 2.45) is 5.92 Å². The van der Waals surface area contributed by atoms with E-state index in [1.165, 1.54) is 0 Å². The molecule has 3 N–H and O–H groups in total. The molecule has 5 rings (SSSR count). The van der Waals surface area contributed by atoms with Crippen molar-refractivity contribution in [3.05, 3.63) is 66.5 Å².